The minimum Gasteiger partial charge on any atom is -0.481 e. The number of carboxylic acid groups (broad SMARTS) is 1. The summed E-state index contributed by atoms with van der Waals surface area (Å²) in [5, 5.41) is 8.67. The lowest BCUT2D eigenvalue weighted by Crippen LogP contribution is -2.36. The number of hydrogen-bond donors (Lipinski definition) is 1. The molecule has 0 bridgehead atoms. The highest BCUT2D eigenvalue weighted by molar-refractivity contribution is 5.81. The molecular formula is C17H23NO3. The molecule has 1 N–H and O–H groups in total. The Balaban J connectivity index is 2.11. The maximum absolute atomic E-state index is 12.1. The van der Waals surface area contributed by atoms with Crippen LogP contribution in [-0.2, 0) is 28.0 Å². The Morgan fingerprint density at radius 3 is 2.52 bits per heavy atom. The third kappa shape index (κ3) is 3.84. The molecule has 1 aliphatic heterocycles. The highest BCUT2D eigenvalue weighted by atomic mass is 16.4. The van der Waals surface area contributed by atoms with E-state index in [1.807, 2.05) is 0 Å². The van der Waals surface area contributed by atoms with Crippen molar-refractivity contribution in [3.63, 3.8) is 0 Å². The number of fused-ring (bicyclic) bond motifs is 1. The second-order valence-corrected chi connectivity index (χ2v) is 6.69. The molecule has 1 aromatic carbocycles. The van der Waals surface area contributed by atoms with E-state index in [2.05, 4.69) is 39.0 Å². The van der Waals surface area contributed by atoms with Crippen LogP contribution >= 0.6 is 0 Å². The Morgan fingerprint density at radius 2 is 1.90 bits per heavy atom. The SMILES string of the molecule is CC(C)(C)c1ccc2c(c1)CN(C(=O)CCC(=O)O)CC2. The lowest BCUT2D eigenvalue weighted by molar-refractivity contribution is -0.141. The first-order valence-corrected chi connectivity index (χ1v) is 7.39. The molecular weight excluding hydrogens is 266 g/mol. The van der Waals surface area contributed by atoms with Crippen molar-refractivity contribution in [1.29, 1.82) is 0 Å². The van der Waals surface area contributed by atoms with Gasteiger partial charge in [0.25, 0.3) is 0 Å². The zero-order valence-corrected chi connectivity index (χ0v) is 13.0. The van der Waals surface area contributed by atoms with Crippen molar-refractivity contribution in [2.24, 2.45) is 0 Å². The van der Waals surface area contributed by atoms with Gasteiger partial charge in [-0.15, -0.1) is 0 Å². The fourth-order valence-corrected chi connectivity index (χ4v) is 2.61. The standard InChI is InChI=1S/C17H23NO3/c1-17(2,3)14-5-4-12-8-9-18(11-13(12)10-14)15(19)6-7-16(20)21/h4-5,10H,6-9,11H2,1-3H3,(H,20,21). The highest BCUT2D eigenvalue weighted by Gasteiger charge is 2.23. The Morgan fingerprint density at radius 1 is 1.19 bits per heavy atom. The highest BCUT2D eigenvalue weighted by Crippen LogP contribution is 2.27. The monoisotopic (exact) mass is 289 g/mol. The average Bonchev–Trinajstić information content (AvgIpc) is 2.42. The fraction of sp³-hybridized carbons (Fsp3) is 0.529. The van der Waals surface area contributed by atoms with E-state index in [1.165, 1.54) is 16.7 Å². The maximum Gasteiger partial charge on any atom is 0.303 e. The van der Waals surface area contributed by atoms with Crippen molar-refractivity contribution >= 4 is 11.9 Å². The van der Waals surface area contributed by atoms with Crippen molar-refractivity contribution in [2.45, 2.75) is 52.0 Å². The van der Waals surface area contributed by atoms with E-state index in [9.17, 15) is 9.59 Å². The van der Waals surface area contributed by atoms with Crippen LogP contribution in [0.3, 0.4) is 0 Å². The van der Waals surface area contributed by atoms with Crippen LogP contribution in [0.4, 0.5) is 0 Å². The molecule has 1 heterocycles. The van der Waals surface area contributed by atoms with Crippen LogP contribution < -0.4 is 0 Å². The summed E-state index contributed by atoms with van der Waals surface area (Å²) < 4.78 is 0. The van der Waals surface area contributed by atoms with Gasteiger partial charge in [-0.05, 0) is 28.5 Å². The summed E-state index contributed by atoms with van der Waals surface area (Å²) in [6.45, 7) is 7.80. The van der Waals surface area contributed by atoms with Gasteiger partial charge in [0.15, 0.2) is 0 Å². The summed E-state index contributed by atoms with van der Waals surface area (Å²) in [4.78, 5) is 24.4. The summed E-state index contributed by atoms with van der Waals surface area (Å²) in [5.74, 6) is -0.986. The van der Waals surface area contributed by atoms with Crippen molar-refractivity contribution < 1.29 is 14.7 Å². The van der Waals surface area contributed by atoms with Gasteiger partial charge in [-0.2, -0.15) is 0 Å². The third-order valence-electron chi connectivity index (χ3n) is 3.99. The van der Waals surface area contributed by atoms with Crippen molar-refractivity contribution in [3.8, 4) is 0 Å². The van der Waals surface area contributed by atoms with Gasteiger partial charge >= 0.3 is 5.97 Å². The summed E-state index contributed by atoms with van der Waals surface area (Å²) in [6, 6.07) is 6.52. The number of carbonyl (C=O) groups is 2. The predicted octanol–water partition coefficient (Wildman–Crippen LogP) is 2.73. The van der Waals surface area contributed by atoms with Crippen molar-refractivity contribution in [1.82, 2.24) is 4.90 Å². The first kappa shape index (κ1) is 15.5. The minimum absolute atomic E-state index is 0.0655. The number of benzene rings is 1. The molecule has 1 amide bonds. The Bertz CT molecular complexity index is 558. The molecule has 114 valence electrons. The molecule has 21 heavy (non-hydrogen) atoms. The van der Waals surface area contributed by atoms with Crippen LogP contribution in [0.25, 0.3) is 0 Å². The molecule has 2 rings (SSSR count). The van der Waals surface area contributed by atoms with E-state index >= 15 is 0 Å². The molecule has 0 saturated heterocycles. The van der Waals surface area contributed by atoms with Crippen LogP contribution in [0, 0.1) is 0 Å². The summed E-state index contributed by atoms with van der Waals surface area (Å²) in [6.07, 6.45) is 0.840. The van der Waals surface area contributed by atoms with Crippen LogP contribution in [0.1, 0.15) is 50.3 Å². The molecule has 4 heteroatoms. The topological polar surface area (TPSA) is 57.6 Å². The first-order valence-electron chi connectivity index (χ1n) is 7.39. The van der Waals surface area contributed by atoms with Crippen LogP contribution in [0.15, 0.2) is 18.2 Å². The average molecular weight is 289 g/mol. The smallest absolute Gasteiger partial charge is 0.303 e. The molecule has 1 aromatic rings. The molecule has 0 radical (unpaired) electrons. The Labute approximate surface area is 125 Å². The number of amides is 1. The Kier molecular flexibility index (Phi) is 4.35. The van der Waals surface area contributed by atoms with Gasteiger partial charge in [-0.3, -0.25) is 9.59 Å². The molecule has 0 fully saturated rings. The van der Waals surface area contributed by atoms with E-state index in [1.54, 1.807) is 4.90 Å². The lowest BCUT2D eigenvalue weighted by Gasteiger charge is -2.30. The third-order valence-corrected chi connectivity index (χ3v) is 3.99. The van der Waals surface area contributed by atoms with E-state index in [0.717, 1.165) is 6.42 Å². The first-order chi connectivity index (χ1) is 9.77. The van der Waals surface area contributed by atoms with Crippen LogP contribution in [-0.4, -0.2) is 28.4 Å². The molecule has 0 unspecified atom stereocenters. The predicted molar refractivity (Wildman–Crippen MR) is 81.1 cm³/mol. The minimum atomic E-state index is -0.921. The lowest BCUT2D eigenvalue weighted by atomic mass is 9.84. The second kappa shape index (κ2) is 5.88. The number of carbonyl (C=O) groups excluding carboxylic acids is 1. The van der Waals surface area contributed by atoms with Gasteiger partial charge in [0.2, 0.25) is 5.91 Å². The van der Waals surface area contributed by atoms with Gasteiger partial charge < -0.3 is 10.0 Å². The summed E-state index contributed by atoms with van der Waals surface area (Å²) in [7, 11) is 0. The second-order valence-electron chi connectivity index (χ2n) is 6.69. The van der Waals surface area contributed by atoms with Crippen LogP contribution in [0.5, 0.6) is 0 Å². The van der Waals surface area contributed by atoms with E-state index < -0.39 is 5.97 Å². The Hall–Kier alpha value is -1.84. The number of carboxylic acids is 1. The number of hydrogen-bond acceptors (Lipinski definition) is 2. The number of aliphatic carboxylic acids is 1. The van der Waals surface area contributed by atoms with Gasteiger partial charge in [0, 0.05) is 19.5 Å². The van der Waals surface area contributed by atoms with Crippen molar-refractivity contribution in [3.05, 3.63) is 34.9 Å². The summed E-state index contributed by atoms with van der Waals surface area (Å²) in [5.41, 5.74) is 3.84. The molecule has 1 aliphatic rings. The quantitative estimate of drug-likeness (QED) is 0.931. The van der Waals surface area contributed by atoms with Crippen LogP contribution in [0.2, 0.25) is 0 Å². The van der Waals surface area contributed by atoms with Gasteiger partial charge in [0.05, 0.1) is 6.42 Å². The normalized spacial score (nSPS) is 14.7. The van der Waals surface area contributed by atoms with E-state index in [-0.39, 0.29) is 24.2 Å². The zero-order valence-electron chi connectivity index (χ0n) is 13.0. The molecule has 4 nitrogen and oxygen atoms in total. The summed E-state index contributed by atoms with van der Waals surface area (Å²) >= 11 is 0. The van der Waals surface area contributed by atoms with Gasteiger partial charge in [0.1, 0.15) is 0 Å². The molecule has 0 atom stereocenters. The van der Waals surface area contributed by atoms with Gasteiger partial charge in [-0.1, -0.05) is 39.0 Å². The molecule has 0 spiro atoms. The van der Waals surface area contributed by atoms with E-state index in [4.69, 9.17) is 5.11 Å². The molecule has 0 aromatic heterocycles. The number of nitrogens with zero attached hydrogens (tertiary/aromatic N) is 1. The maximum atomic E-state index is 12.1. The molecule has 0 aliphatic carbocycles. The van der Waals surface area contributed by atoms with E-state index in [0.29, 0.717) is 13.1 Å². The fourth-order valence-electron chi connectivity index (χ4n) is 2.61. The van der Waals surface area contributed by atoms with Crippen molar-refractivity contribution in [2.75, 3.05) is 6.54 Å². The largest absolute Gasteiger partial charge is 0.481 e. The molecule has 0 saturated carbocycles. The number of rotatable bonds is 3. The van der Waals surface area contributed by atoms with Gasteiger partial charge in [-0.25, -0.2) is 0 Å². The zero-order chi connectivity index (χ0) is 15.6.